The van der Waals surface area contributed by atoms with Gasteiger partial charge < -0.3 is 10.6 Å². The average molecular weight is 314 g/mol. The van der Waals surface area contributed by atoms with Crippen LogP contribution in [0.1, 0.15) is 51.6 Å². The molecule has 7 heteroatoms. The van der Waals surface area contributed by atoms with E-state index in [1.807, 2.05) is 0 Å². The first-order valence-electron chi connectivity index (χ1n) is 7.09. The van der Waals surface area contributed by atoms with Crippen molar-refractivity contribution in [1.82, 2.24) is 4.90 Å². The summed E-state index contributed by atoms with van der Waals surface area (Å²) in [5.74, 6) is -1.57. The van der Waals surface area contributed by atoms with Gasteiger partial charge in [0, 0.05) is 18.7 Å². The zero-order chi connectivity index (χ0) is 16.5. The second-order valence-electron chi connectivity index (χ2n) is 5.23. The van der Waals surface area contributed by atoms with Gasteiger partial charge in [-0.2, -0.15) is 13.2 Å². The lowest BCUT2D eigenvalue weighted by Crippen LogP contribution is -2.31. The Bertz CT molecular complexity index is 606. The van der Waals surface area contributed by atoms with E-state index in [-0.39, 0.29) is 17.5 Å². The molecule has 1 heterocycles. The number of nitrogens with zero attached hydrogens (tertiary/aromatic N) is 1. The van der Waals surface area contributed by atoms with E-state index < -0.39 is 29.1 Å². The topological polar surface area (TPSA) is 63.4 Å². The number of hydrogen-bond donors (Lipinski definition) is 1. The first kappa shape index (κ1) is 16.3. The van der Waals surface area contributed by atoms with Gasteiger partial charge in [-0.1, -0.05) is 6.92 Å². The minimum absolute atomic E-state index is 0.0335. The molecule has 0 spiro atoms. The van der Waals surface area contributed by atoms with Gasteiger partial charge in [0.1, 0.15) is 0 Å². The summed E-state index contributed by atoms with van der Waals surface area (Å²) in [7, 11) is 0. The van der Waals surface area contributed by atoms with Gasteiger partial charge in [-0.3, -0.25) is 9.59 Å². The van der Waals surface area contributed by atoms with E-state index in [2.05, 4.69) is 0 Å². The van der Waals surface area contributed by atoms with Gasteiger partial charge in [-0.05, 0) is 37.0 Å². The minimum Gasteiger partial charge on any atom is -0.366 e. The van der Waals surface area contributed by atoms with Crippen LogP contribution in [0.5, 0.6) is 0 Å². The summed E-state index contributed by atoms with van der Waals surface area (Å²) in [5, 5.41) is 0. The maximum atomic E-state index is 13.5. The van der Waals surface area contributed by atoms with Crippen molar-refractivity contribution in [3.8, 4) is 0 Å². The van der Waals surface area contributed by atoms with E-state index in [4.69, 9.17) is 5.73 Å². The molecule has 2 rings (SSSR count). The van der Waals surface area contributed by atoms with Crippen LogP contribution in [0, 0.1) is 0 Å². The van der Waals surface area contributed by atoms with Crippen LogP contribution in [0.25, 0.3) is 0 Å². The van der Waals surface area contributed by atoms with Gasteiger partial charge >= 0.3 is 6.18 Å². The zero-order valence-corrected chi connectivity index (χ0v) is 12.2. The SMILES string of the molecule is CCc1c(C(N)=O)ccc(C(=O)N2CCCC2)c1C(F)(F)F. The maximum Gasteiger partial charge on any atom is 0.417 e. The molecule has 1 aromatic carbocycles. The predicted molar refractivity (Wildman–Crippen MR) is 74.5 cm³/mol. The molecular formula is C15H17F3N2O2. The summed E-state index contributed by atoms with van der Waals surface area (Å²) in [6, 6.07) is 2.27. The van der Waals surface area contributed by atoms with Crippen LogP contribution in [0.3, 0.4) is 0 Å². The normalized spacial score (nSPS) is 15.2. The summed E-state index contributed by atoms with van der Waals surface area (Å²) >= 11 is 0. The highest BCUT2D eigenvalue weighted by atomic mass is 19.4. The number of nitrogens with two attached hydrogens (primary N) is 1. The molecule has 1 fully saturated rings. The Balaban J connectivity index is 2.63. The van der Waals surface area contributed by atoms with Crippen molar-refractivity contribution in [2.45, 2.75) is 32.4 Å². The third-order valence-corrected chi connectivity index (χ3v) is 3.84. The second kappa shape index (κ2) is 5.98. The van der Waals surface area contributed by atoms with E-state index in [1.54, 1.807) is 0 Å². The first-order valence-corrected chi connectivity index (χ1v) is 7.09. The van der Waals surface area contributed by atoms with Crippen LogP contribution in [0.15, 0.2) is 12.1 Å². The molecular weight excluding hydrogens is 297 g/mol. The number of alkyl halides is 3. The van der Waals surface area contributed by atoms with Gasteiger partial charge in [-0.25, -0.2) is 0 Å². The van der Waals surface area contributed by atoms with Crippen molar-refractivity contribution in [3.05, 3.63) is 34.4 Å². The number of carbonyl (C=O) groups is 2. The Hall–Kier alpha value is -2.05. The van der Waals surface area contributed by atoms with Gasteiger partial charge in [0.2, 0.25) is 5.91 Å². The number of carbonyl (C=O) groups excluding carboxylic acids is 2. The molecule has 0 bridgehead atoms. The van der Waals surface area contributed by atoms with E-state index in [0.29, 0.717) is 13.1 Å². The lowest BCUT2D eigenvalue weighted by Gasteiger charge is -2.22. The van der Waals surface area contributed by atoms with Crippen LogP contribution < -0.4 is 5.73 Å². The monoisotopic (exact) mass is 314 g/mol. The van der Waals surface area contributed by atoms with Crippen molar-refractivity contribution in [2.24, 2.45) is 5.73 Å². The number of benzene rings is 1. The molecule has 120 valence electrons. The van der Waals surface area contributed by atoms with Gasteiger partial charge in [0.05, 0.1) is 11.1 Å². The number of hydrogen-bond acceptors (Lipinski definition) is 2. The van der Waals surface area contributed by atoms with E-state index in [1.165, 1.54) is 17.9 Å². The number of likely N-dealkylation sites (tertiary alicyclic amines) is 1. The molecule has 0 aromatic heterocycles. The molecule has 0 atom stereocenters. The minimum atomic E-state index is -4.72. The van der Waals surface area contributed by atoms with Crippen molar-refractivity contribution in [2.75, 3.05) is 13.1 Å². The van der Waals surface area contributed by atoms with E-state index in [0.717, 1.165) is 18.9 Å². The van der Waals surface area contributed by atoms with Gasteiger partial charge in [0.15, 0.2) is 0 Å². The summed E-state index contributed by atoms with van der Waals surface area (Å²) in [4.78, 5) is 25.1. The molecule has 22 heavy (non-hydrogen) atoms. The molecule has 0 unspecified atom stereocenters. The van der Waals surface area contributed by atoms with Crippen LogP contribution in [-0.2, 0) is 12.6 Å². The fourth-order valence-electron chi connectivity index (χ4n) is 2.84. The highest BCUT2D eigenvalue weighted by Gasteiger charge is 2.40. The summed E-state index contributed by atoms with van der Waals surface area (Å²) < 4.78 is 40.4. The number of primary amides is 1. The lowest BCUT2D eigenvalue weighted by molar-refractivity contribution is -0.138. The van der Waals surface area contributed by atoms with Crippen LogP contribution in [0.4, 0.5) is 13.2 Å². The maximum absolute atomic E-state index is 13.5. The third-order valence-electron chi connectivity index (χ3n) is 3.84. The highest BCUT2D eigenvalue weighted by Crippen LogP contribution is 2.37. The predicted octanol–water partition coefficient (Wildman–Crippen LogP) is 2.60. The molecule has 2 N–H and O–H groups in total. The Morgan fingerprint density at radius 2 is 1.73 bits per heavy atom. The van der Waals surface area contributed by atoms with E-state index >= 15 is 0 Å². The molecule has 1 aliphatic rings. The molecule has 1 aromatic rings. The average Bonchev–Trinajstić information content (AvgIpc) is 2.97. The summed E-state index contributed by atoms with van der Waals surface area (Å²) in [6.45, 7) is 2.41. The van der Waals surface area contributed by atoms with Crippen LogP contribution in [0.2, 0.25) is 0 Å². The first-order chi connectivity index (χ1) is 10.3. The quantitative estimate of drug-likeness (QED) is 0.932. The van der Waals surface area contributed by atoms with Crippen LogP contribution >= 0.6 is 0 Å². The highest BCUT2D eigenvalue weighted by molar-refractivity contribution is 6.00. The molecule has 0 radical (unpaired) electrons. The third kappa shape index (κ3) is 2.93. The lowest BCUT2D eigenvalue weighted by atomic mass is 9.92. The van der Waals surface area contributed by atoms with Crippen molar-refractivity contribution >= 4 is 11.8 Å². The molecule has 0 aliphatic carbocycles. The molecule has 1 saturated heterocycles. The van der Waals surface area contributed by atoms with Crippen molar-refractivity contribution in [1.29, 1.82) is 0 Å². The van der Waals surface area contributed by atoms with Crippen molar-refractivity contribution in [3.63, 3.8) is 0 Å². The van der Waals surface area contributed by atoms with Gasteiger partial charge in [-0.15, -0.1) is 0 Å². The molecule has 2 amide bonds. The van der Waals surface area contributed by atoms with E-state index in [9.17, 15) is 22.8 Å². The molecule has 1 aliphatic heterocycles. The van der Waals surface area contributed by atoms with Gasteiger partial charge in [0.25, 0.3) is 5.91 Å². The Kier molecular flexibility index (Phi) is 4.44. The Morgan fingerprint density at radius 1 is 1.18 bits per heavy atom. The second-order valence-corrected chi connectivity index (χ2v) is 5.23. The smallest absolute Gasteiger partial charge is 0.366 e. The Morgan fingerprint density at radius 3 is 2.18 bits per heavy atom. The summed E-state index contributed by atoms with van der Waals surface area (Å²) in [5.41, 5.74) is 3.30. The summed E-state index contributed by atoms with van der Waals surface area (Å²) in [6.07, 6.45) is -3.18. The fraction of sp³-hybridized carbons (Fsp3) is 0.467. The van der Waals surface area contributed by atoms with Crippen LogP contribution in [-0.4, -0.2) is 29.8 Å². The standard InChI is InChI=1S/C15H17F3N2O2/c1-2-9-10(13(19)21)5-6-11(12(9)15(16,17)18)14(22)20-7-3-4-8-20/h5-6H,2-4,7-8H2,1H3,(H2,19,21). The Labute approximate surface area is 126 Å². The number of rotatable bonds is 3. The molecule has 0 saturated carbocycles. The number of halogens is 3. The molecule has 4 nitrogen and oxygen atoms in total. The van der Waals surface area contributed by atoms with Crippen molar-refractivity contribution < 1.29 is 22.8 Å². The number of amides is 2. The largest absolute Gasteiger partial charge is 0.417 e. The fourth-order valence-corrected chi connectivity index (χ4v) is 2.84. The zero-order valence-electron chi connectivity index (χ0n) is 12.2.